The van der Waals surface area contributed by atoms with Crippen LogP contribution in [-0.4, -0.2) is 23.3 Å². The fourth-order valence-corrected chi connectivity index (χ4v) is 3.02. The molecule has 0 radical (unpaired) electrons. The summed E-state index contributed by atoms with van der Waals surface area (Å²) in [7, 11) is -0.745. The van der Waals surface area contributed by atoms with E-state index in [2.05, 4.69) is 4.98 Å². The van der Waals surface area contributed by atoms with Crippen molar-refractivity contribution < 1.29 is 18.4 Å². The molecular weight excluding hydrogens is 344 g/mol. The first-order valence-corrected chi connectivity index (χ1v) is 8.93. The van der Waals surface area contributed by atoms with E-state index in [1.165, 1.54) is 6.07 Å². The summed E-state index contributed by atoms with van der Waals surface area (Å²) >= 11 is 0. The smallest absolute Gasteiger partial charge is 0.456 e. The molecule has 138 valence electrons. The van der Waals surface area contributed by atoms with Crippen molar-refractivity contribution in [3.63, 3.8) is 0 Å². The maximum absolute atomic E-state index is 14.8. The number of rotatable bonds is 3. The first kappa shape index (κ1) is 18.0. The predicted octanol–water partition coefficient (Wildman–Crippen LogP) is 4.47. The van der Waals surface area contributed by atoms with E-state index in [4.69, 9.17) is 14.0 Å². The zero-order valence-electron chi connectivity index (χ0n) is 15.8. The molecule has 2 aromatic carbocycles. The standard InChI is InChI=1S/C21H21BFNO3/c1-20(2)21(3,4)27-22(26-20)16-10-9-14(13-17(16)23)25-19-11-12-24-18-8-6-5-7-15(18)19/h5-13H,1-4H3. The van der Waals surface area contributed by atoms with Crippen LogP contribution >= 0.6 is 0 Å². The molecule has 0 amide bonds. The minimum atomic E-state index is -0.745. The Hall–Kier alpha value is -2.44. The number of aromatic nitrogens is 1. The zero-order chi connectivity index (χ0) is 19.2. The summed E-state index contributed by atoms with van der Waals surface area (Å²) in [5.74, 6) is 0.608. The van der Waals surface area contributed by atoms with Gasteiger partial charge in [0.25, 0.3) is 0 Å². The fourth-order valence-electron chi connectivity index (χ4n) is 3.02. The molecule has 1 fully saturated rings. The number of halogens is 1. The summed E-state index contributed by atoms with van der Waals surface area (Å²) in [4.78, 5) is 4.31. The van der Waals surface area contributed by atoms with Crippen molar-refractivity contribution in [3.05, 3.63) is 60.5 Å². The summed E-state index contributed by atoms with van der Waals surface area (Å²) in [6.07, 6.45) is 1.67. The van der Waals surface area contributed by atoms with E-state index in [-0.39, 0.29) is 0 Å². The van der Waals surface area contributed by atoms with Crippen LogP contribution in [-0.2, 0) is 9.31 Å². The molecule has 1 aromatic heterocycles. The lowest BCUT2D eigenvalue weighted by molar-refractivity contribution is 0.00578. The van der Waals surface area contributed by atoms with Crippen LogP contribution in [0.4, 0.5) is 4.39 Å². The molecule has 0 atom stereocenters. The summed E-state index contributed by atoms with van der Waals surface area (Å²) in [6.45, 7) is 7.77. The normalized spacial score (nSPS) is 18.0. The van der Waals surface area contributed by atoms with Gasteiger partial charge in [0.1, 0.15) is 17.3 Å². The van der Waals surface area contributed by atoms with Gasteiger partial charge in [0.2, 0.25) is 0 Å². The maximum atomic E-state index is 14.8. The van der Waals surface area contributed by atoms with Gasteiger partial charge in [0.05, 0.1) is 16.7 Å². The van der Waals surface area contributed by atoms with E-state index < -0.39 is 24.1 Å². The average Bonchev–Trinajstić information content (AvgIpc) is 2.83. The molecule has 27 heavy (non-hydrogen) atoms. The predicted molar refractivity (Wildman–Crippen MR) is 104 cm³/mol. The van der Waals surface area contributed by atoms with Gasteiger partial charge in [-0.2, -0.15) is 0 Å². The van der Waals surface area contributed by atoms with Gasteiger partial charge in [-0.25, -0.2) is 4.39 Å². The van der Waals surface area contributed by atoms with Crippen LogP contribution in [0.2, 0.25) is 0 Å². The molecule has 0 spiro atoms. The lowest BCUT2D eigenvalue weighted by Crippen LogP contribution is -2.41. The maximum Gasteiger partial charge on any atom is 0.497 e. The summed E-state index contributed by atoms with van der Waals surface area (Å²) in [6, 6.07) is 14.2. The molecule has 4 rings (SSSR count). The van der Waals surface area contributed by atoms with Crippen LogP contribution < -0.4 is 10.2 Å². The minimum absolute atomic E-state index is 0.362. The number of benzene rings is 2. The summed E-state index contributed by atoms with van der Waals surface area (Å²) < 4.78 is 32.6. The van der Waals surface area contributed by atoms with Gasteiger partial charge in [-0.1, -0.05) is 18.2 Å². The molecule has 3 aromatic rings. The molecule has 0 bridgehead atoms. The largest absolute Gasteiger partial charge is 0.497 e. The Labute approximate surface area is 158 Å². The second-order valence-corrected chi connectivity index (χ2v) is 7.70. The van der Waals surface area contributed by atoms with Gasteiger partial charge in [-0.05, 0) is 52.0 Å². The third-order valence-electron chi connectivity index (χ3n) is 5.32. The first-order valence-electron chi connectivity index (χ1n) is 8.93. The molecule has 0 aliphatic carbocycles. The highest BCUT2D eigenvalue weighted by molar-refractivity contribution is 6.62. The highest BCUT2D eigenvalue weighted by atomic mass is 19.1. The van der Waals surface area contributed by atoms with Crippen LogP contribution in [0.15, 0.2) is 54.7 Å². The number of para-hydroxylation sites is 1. The molecule has 0 unspecified atom stereocenters. The third kappa shape index (κ3) is 3.20. The van der Waals surface area contributed by atoms with Gasteiger partial charge < -0.3 is 14.0 Å². The molecule has 4 nitrogen and oxygen atoms in total. The number of nitrogens with zero attached hydrogens (tertiary/aromatic N) is 1. The molecule has 2 heterocycles. The van der Waals surface area contributed by atoms with E-state index >= 15 is 0 Å². The lowest BCUT2D eigenvalue weighted by Gasteiger charge is -2.32. The lowest BCUT2D eigenvalue weighted by atomic mass is 9.78. The molecular formula is C21H21BFNO3. The monoisotopic (exact) mass is 365 g/mol. The van der Waals surface area contributed by atoms with Crippen molar-refractivity contribution in [2.45, 2.75) is 38.9 Å². The molecule has 0 saturated carbocycles. The van der Waals surface area contributed by atoms with Crippen LogP contribution in [0, 0.1) is 5.82 Å². The van der Waals surface area contributed by atoms with Crippen LogP contribution in [0.25, 0.3) is 10.9 Å². The van der Waals surface area contributed by atoms with Crippen LogP contribution in [0.5, 0.6) is 11.5 Å². The Morgan fingerprint density at radius 1 is 0.963 bits per heavy atom. The van der Waals surface area contributed by atoms with Gasteiger partial charge in [-0.3, -0.25) is 4.98 Å². The number of fused-ring (bicyclic) bond motifs is 1. The van der Waals surface area contributed by atoms with E-state index in [9.17, 15) is 4.39 Å². The zero-order valence-corrected chi connectivity index (χ0v) is 15.8. The number of ether oxygens (including phenoxy) is 1. The van der Waals surface area contributed by atoms with Crippen molar-refractivity contribution in [3.8, 4) is 11.5 Å². The number of pyridine rings is 1. The Morgan fingerprint density at radius 3 is 2.37 bits per heavy atom. The third-order valence-corrected chi connectivity index (χ3v) is 5.32. The molecule has 1 saturated heterocycles. The van der Waals surface area contributed by atoms with E-state index in [0.29, 0.717) is 17.0 Å². The van der Waals surface area contributed by atoms with Crippen LogP contribution in [0.3, 0.4) is 0 Å². The van der Waals surface area contributed by atoms with E-state index in [0.717, 1.165) is 10.9 Å². The van der Waals surface area contributed by atoms with Gasteiger partial charge in [0, 0.05) is 23.1 Å². The molecule has 1 aliphatic rings. The quantitative estimate of drug-likeness (QED) is 0.643. The van der Waals surface area contributed by atoms with Crippen LogP contribution in [0.1, 0.15) is 27.7 Å². The van der Waals surface area contributed by atoms with Gasteiger partial charge in [-0.15, -0.1) is 0 Å². The summed E-state index contributed by atoms with van der Waals surface area (Å²) in [5, 5.41) is 0.871. The SMILES string of the molecule is CC1(C)OB(c2ccc(Oc3ccnc4ccccc34)cc2F)OC1(C)C. The Balaban J connectivity index is 1.61. The van der Waals surface area contributed by atoms with Crippen molar-refractivity contribution in [2.24, 2.45) is 0 Å². The first-order chi connectivity index (χ1) is 12.8. The van der Waals surface area contributed by atoms with Crippen molar-refractivity contribution >= 4 is 23.5 Å². The number of hydrogen-bond acceptors (Lipinski definition) is 4. The molecule has 6 heteroatoms. The second-order valence-electron chi connectivity index (χ2n) is 7.70. The van der Waals surface area contributed by atoms with E-state index in [1.807, 2.05) is 52.0 Å². The van der Waals surface area contributed by atoms with Gasteiger partial charge in [0.15, 0.2) is 0 Å². The minimum Gasteiger partial charge on any atom is -0.456 e. The van der Waals surface area contributed by atoms with Gasteiger partial charge >= 0.3 is 7.12 Å². The Bertz CT molecular complexity index is 984. The van der Waals surface area contributed by atoms with Crippen molar-refractivity contribution in [1.82, 2.24) is 4.98 Å². The number of hydrogen-bond donors (Lipinski definition) is 0. The Morgan fingerprint density at radius 2 is 1.67 bits per heavy atom. The van der Waals surface area contributed by atoms with Crippen molar-refractivity contribution in [2.75, 3.05) is 0 Å². The fraction of sp³-hybridized carbons (Fsp3) is 0.286. The molecule has 0 N–H and O–H groups in total. The van der Waals surface area contributed by atoms with Crippen molar-refractivity contribution in [1.29, 1.82) is 0 Å². The van der Waals surface area contributed by atoms with E-state index in [1.54, 1.807) is 24.4 Å². The second kappa shape index (κ2) is 6.32. The highest BCUT2D eigenvalue weighted by Gasteiger charge is 2.52. The Kier molecular flexibility index (Phi) is 4.20. The average molecular weight is 365 g/mol. The highest BCUT2D eigenvalue weighted by Crippen LogP contribution is 2.37. The topological polar surface area (TPSA) is 40.6 Å². The molecule has 1 aliphatic heterocycles. The summed E-state index contributed by atoms with van der Waals surface area (Å²) in [5.41, 5.74) is 0.148.